The Hall–Kier alpha value is -1.52. The number of ether oxygens (including phenoxy) is 1. The first-order chi connectivity index (χ1) is 7.11. The van der Waals surface area contributed by atoms with Crippen LogP contribution in [-0.2, 0) is 11.8 Å². The van der Waals surface area contributed by atoms with Crippen molar-refractivity contribution in [2.24, 2.45) is 13.0 Å². The van der Waals surface area contributed by atoms with Crippen LogP contribution in [0.4, 0.5) is 10.6 Å². The first-order valence-corrected chi connectivity index (χ1v) is 5.05. The highest BCUT2D eigenvalue weighted by Crippen LogP contribution is 2.04. The number of aryl methyl sites for hydroxylation is 1. The molecule has 0 fully saturated rings. The lowest BCUT2D eigenvalue weighted by Crippen LogP contribution is -2.17. The molecule has 0 aromatic carbocycles. The molecule has 1 aromatic heterocycles. The van der Waals surface area contributed by atoms with E-state index in [-0.39, 0.29) is 0 Å². The number of rotatable bonds is 4. The Balaban J connectivity index is 2.30. The van der Waals surface area contributed by atoms with Crippen LogP contribution in [-0.4, -0.2) is 22.5 Å². The number of hydrogen-bond donors (Lipinski definition) is 1. The summed E-state index contributed by atoms with van der Waals surface area (Å²) in [5.74, 6) is 0.895. The lowest BCUT2D eigenvalue weighted by atomic mass is 10.1. The summed E-state index contributed by atoms with van der Waals surface area (Å²) in [5, 5.41) is 6.55. The Morgan fingerprint density at radius 1 is 1.73 bits per heavy atom. The highest BCUT2D eigenvalue weighted by atomic mass is 16.5. The minimum atomic E-state index is -0.450. The summed E-state index contributed by atoms with van der Waals surface area (Å²) < 4.78 is 6.62. The molecule has 0 spiro atoms. The van der Waals surface area contributed by atoms with Crippen LogP contribution < -0.4 is 5.32 Å². The molecule has 5 heteroatoms. The summed E-state index contributed by atoms with van der Waals surface area (Å²) in [6, 6.07) is 1.71. The fourth-order valence-electron chi connectivity index (χ4n) is 0.958. The third kappa shape index (κ3) is 4.01. The van der Waals surface area contributed by atoms with E-state index in [1.54, 1.807) is 24.0 Å². The number of anilines is 1. The molecule has 0 radical (unpaired) electrons. The molecule has 0 saturated heterocycles. The Bertz CT molecular complexity index is 322. The van der Waals surface area contributed by atoms with Crippen LogP contribution in [0.2, 0.25) is 0 Å². The van der Waals surface area contributed by atoms with Gasteiger partial charge in [-0.15, -0.1) is 0 Å². The van der Waals surface area contributed by atoms with Gasteiger partial charge in [0.05, 0.1) is 6.61 Å². The molecule has 0 aliphatic carbocycles. The maximum Gasteiger partial charge on any atom is 0.412 e. The molecule has 1 unspecified atom stereocenters. The van der Waals surface area contributed by atoms with Crippen molar-refractivity contribution in [1.29, 1.82) is 0 Å². The molecule has 15 heavy (non-hydrogen) atoms. The molecule has 1 rings (SSSR count). The first-order valence-electron chi connectivity index (χ1n) is 5.05. The number of carbonyl (C=O) groups excluding carboxylic acids is 1. The fourth-order valence-corrected chi connectivity index (χ4v) is 0.958. The van der Waals surface area contributed by atoms with Crippen molar-refractivity contribution in [3.05, 3.63) is 12.3 Å². The van der Waals surface area contributed by atoms with Gasteiger partial charge in [-0.3, -0.25) is 10.00 Å². The third-order valence-corrected chi connectivity index (χ3v) is 2.14. The van der Waals surface area contributed by atoms with Crippen LogP contribution in [0, 0.1) is 5.92 Å². The zero-order chi connectivity index (χ0) is 11.3. The molecular formula is C10H17N3O2. The van der Waals surface area contributed by atoms with Crippen LogP contribution in [0.1, 0.15) is 20.3 Å². The monoisotopic (exact) mass is 211 g/mol. The van der Waals surface area contributed by atoms with Crippen LogP contribution in [0.25, 0.3) is 0 Å². The fraction of sp³-hybridized carbons (Fsp3) is 0.600. The number of amides is 1. The Morgan fingerprint density at radius 3 is 3.00 bits per heavy atom. The van der Waals surface area contributed by atoms with Gasteiger partial charge in [0.1, 0.15) is 0 Å². The third-order valence-electron chi connectivity index (χ3n) is 2.14. The summed E-state index contributed by atoms with van der Waals surface area (Å²) in [5.41, 5.74) is 0. The van der Waals surface area contributed by atoms with Gasteiger partial charge in [0.25, 0.3) is 0 Å². The van der Waals surface area contributed by atoms with Gasteiger partial charge in [-0.05, 0) is 5.92 Å². The predicted octanol–water partition coefficient (Wildman–Crippen LogP) is 2.01. The van der Waals surface area contributed by atoms with Crippen LogP contribution in [0.5, 0.6) is 0 Å². The number of nitrogens with one attached hydrogen (secondary N) is 1. The summed E-state index contributed by atoms with van der Waals surface area (Å²) in [6.45, 7) is 4.54. The molecule has 1 N–H and O–H groups in total. The van der Waals surface area contributed by atoms with E-state index in [1.165, 1.54) is 0 Å². The number of nitrogens with zero attached hydrogens (tertiary/aromatic N) is 2. The van der Waals surface area contributed by atoms with E-state index >= 15 is 0 Å². The van der Waals surface area contributed by atoms with Crippen LogP contribution in [0.15, 0.2) is 12.3 Å². The summed E-state index contributed by atoms with van der Waals surface area (Å²) in [6.07, 6.45) is 2.30. The van der Waals surface area contributed by atoms with Crippen molar-refractivity contribution in [2.75, 3.05) is 11.9 Å². The van der Waals surface area contributed by atoms with Gasteiger partial charge in [-0.1, -0.05) is 20.3 Å². The summed E-state index contributed by atoms with van der Waals surface area (Å²) >= 11 is 0. The lowest BCUT2D eigenvalue weighted by Gasteiger charge is -2.09. The predicted molar refractivity (Wildman–Crippen MR) is 57.6 cm³/mol. The highest BCUT2D eigenvalue weighted by Gasteiger charge is 2.07. The van der Waals surface area contributed by atoms with Crippen molar-refractivity contribution in [2.45, 2.75) is 20.3 Å². The van der Waals surface area contributed by atoms with E-state index in [1.807, 2.05) is 6.92 Å². The second-order valence-electron chi connectivity index (χ2n) is 3.61. The van der Waals surface area contributed by atoms with Gasteiger partial charge >= 0.3 is 6.09 Å². The van der Waals surface area contributed by atoms with E-state index in [2.05, 4.69) is 17.3 Å². The molecule has 84 valence electrons. The van der Waals surface area contributed by atoms with E-state index < -0.39 is 6.09 Å². The number of aromatic nitrogens is 2. The second-order valence-corrected chi connectivity index (χ2v) is 3.61. The molecule has 1 amide bonds. The van der Waals surface area contributed by atoms with E-state index in [0.717, 1.165) is 6.42 Å². The van der Waals surface area contributed by atoms with E-state index in [9.17, 15) is 4.79 Å². The normalized spacial score (nSPS) is 12.2. The van der Waals surface area contributed by atoms with E-state index in [4.69, 9.17) is 4.74 Å². The zero-order valence-corrected chi connectivity index (χ0v) is 9.36. The van der Waals surface area contributed by atoms with Crippen molar-refractivity contribution in [3.63, 3.8) is 0 Å². The maximum absolute atomic E-state index is 11.3. The minimum Gasteiger partial charge on any atom is -0.449 e. The minimum absolute atomic E-state index is 0.388. The SMILES string of the molecule is CCC(C)COC(=O)Nc1ccn(C)n1. The molecule has 0 aliphatic rings. The quantitative estimate of drug-likeness (QED) is 0.828. The van der Waals surface area contributed by atoms with Gasteiger partial charge in [0.15, 0.2) is 5.82 Å². The van der Waals surface area contributed by atoms with Gasteiger partial charge in [-0.2, -0.15) is 5.10 Å². The maximum atomic E-state index is 11.3. The standard InChI is InChI=1S/C10H17N3O2/c1-4-8(2)7-15-10(14)11-9-5-6-13(3)12-9/h5-6,8H,4,7H2,1-3H3,(H,11,12,14). The molecule has 1 atom stereocenters. The topological polar surface area (TPSA) is 56.1 Å². The first kappa shape index (κ1) is 11.6. The smallest absolute Gasteiger partial charge is 0.412 e. The molecule has 0 aliphatic heterocycles. The molecule has 0 bridgehead atoms. The van der Waals surface area contributed by atoms with Crippen LogP contribution >= 0.6 is 0 Å². The van der Waals surface area contributed by atoms with Crippen molar-refractivity contribution in [3.8, 4) is 0 Å². The second kappa shape index (κ2) is 5.38. The average Bonchev–Trinajstić information content (AvgIpc) is 2.60. The van der Waals surface area contributed by atoms with E-state index in [0.29, 0.717) is 18.3 Å². The van der Waals surface area contributed by atoms with Crippen LogP contribution in [0.3, 0.4) is 0 Å². The van der Waals surface area contributed by atoms with Crippen molar-refractivity contribution in [1.82, 2.24) is 9.78 Å². The molecule has 1 heterocycles. The Morgan fingerprint density at radius 2 is 2.47 bits per heavy atom. The number of carbonyl (C=O) groups is 1. The summed E-state index contributed by atoms with van der Waals surface area (Å²) in [7, 11) is 1.79. The average molecular weight is 211 g/mol. The van der Waals surface area contributed by atoms with Gasteiger partial charge in [0, 0.05) is 19.3 Å². The number of hydrogen-bond acceptors (Lipinski definition) is 3. The van der Waals surface area contributed by atoms with Gasteiger partial charge in [-0.25, -0.2) is 4.79 Å². The molecular weight excluding hydrogens is 194 g/mol. The van der Waals surface area contributed by atoms with Crippen molar-refractivity contribution >= 4 is 11.9 Å². The molecule has 1 aromatic rings. The summed E-state index contributed by atoms with van der Waals surface area (Å²) in [4.78, 5) is 11.3. The Kier molecular flexibility index (Phi) is 4.15. The van der Waals surface area contributed by atoms with Gasteiger partial charge < -0.3 is 4.74 Å². The molecule has 0 saturated carbocycles. The zero-order valence-electron chi connectivity index (χ0n) is 9.36. The lowest BCUT2D eigenvalue weighted by molar-refractivity contribution is 0.143. The Labute approximate surface area is 89.4 Å². The largest absolute Gasteiger partial charge is 0.449 e. The highest BCUT2D eigenvalue weighted by molar-refractivity contribution is 5.83. The van der Waals surface area contributed by atoms with Gasteiger partial charge in [0.2, 0.25) is 0 Å². The molecule has 5 nitrogen and oxygen atoms in total. The van der Waals surface area contributed by atoms with Crippen molar-refractivity contribution < 1.29 is 9.53 Å².